The number of sulfonamides is 1. The summed E-state index contributed by atoms with van der Waals surface area (Å²) in [6.45, 7) is -0.122. The number of hydroxylamine groups is 2. The largest absolute Gasteiger partial charge is 0.492 e. The predicted molar refractivity (Wildman–Crippen MR) is 131 cm³/mol. The molecule has 3 rings (SSSR count). The molecular weight excluding hydrogens is 525 g/mol. The first kappa shape index (κ1) is 29.1. The van der Waals surface area contributed by atoms with Gasteiger partial charge in [0.25, 0.3) is 0 Å². The second kappa shape index (κ2) is 11.9. The van der Waals surface area contributed by atoms with E-state index in [1.54, 1.807) is 42.5 Å². The van der Waals surface area contributed by atoms with E-state index in [1.807, 2.05) is 0 Å². The average Bonchev–Trinajstić information content (AvgIpc) is 2.89. The van der Waals surface area contributed by atoms with Gasteiger partial charge in [-0.15, -0.1) is 5.06 Å². The summed E-state index contributed by atoms with van der Waals surface area (Å²) in [4.78, 5) is 28.5. The van der Waals surface area contributed by atoms with E-state index < -0.39 is 40.0 Å². The van der Waals surface area contributed by atoms with Crippen LogP contribution in [0.4, 0.5) is 13.2 Å². The van der Waals surface area contributed by atoms with Crippen molar-refractivity contribution in [3.63, 3.8) is 0 Å². The monoisotopic (exact) mass is 552 g/mol. The van der Waals surface area contributed by atoms with Crippen molar-refractivity contribution >= 4 is 21.9 Å². The molecule has 1 fully saturated rings. The maximum absolute atomic E-state index is 12.7. The zero-order valence-electron chi connectivity index (χ0n) is 20.7. The molecule has 0 saturated carbocycles. The number of hydrogen-bond acceptors (Lipinski definition) is 7. The van der Waals surface area contributed by atoms with Gasteiger partial charge in [0.2, 0.25) is 15.9 Å². The Bertz CT molecular complexity index is 1310. The Morgan fingerprint density at radius 2 is 1.84 bits per heavy atom. The van der Waals surface area contributed by atoms with E-state index >= 15 is 0 Å². The first-order valence-electron chi connectivity index (χ1n) is 11.7. The third-order valence-corrected chi connectivity index (χ3v) is 7.89. The lowest BCUT2D eigenvalue weighted by Crippen LogP contribution is -2.51. The van der Waals surface area contributed by atoms with Gasteiger partial charge < -0.3 is 10.2 Å². The minimum absolute atomic E-state index is 0.0138. The first-order chi connectivity index (χ1) is 17.8. The molecule has 38 heavy (non-hydrogen) atoms. The Morgan fingerprint density at radius 1 is 1.16 bits per heavy atom. The first-order valence-corrected chi connectivity index (χ1v) is 13.1. The van der Waals surface area contributed by atoms with Gasteiger partial charge in [-0.25, -0.2) is 17.5 Å². The van der Waals surface area contributed by atoms with Crippen LogP contribution in [0.25, 0.3) is 11.1 Å². The summed E-state index contributed by atoms with van der Waals surface area (Å²) in [7, 11) is -0.727. The maximum Gasteiger partial charge on any atom is 0.492 e. The summed E-state index contributed by atoms with van der Waals surface area (Å²) in [6, 6.07) is 14.2. The molecule has 9 nitrogen and oxygen atoms in total. The molecule has 1 heterocycles. The summed E-state index contributed by atoms with van der Waals surface area (Å²) in [5, 5.41) is 13.0. The molecule has 1 saturated heterocycles. The highest BCUT2D eigenvalue weighted by Crippen LogP contribution is 2.26. The Kier molecular flexibility index (Phi) is 9.14. The lowest BCUT2D eigenvalue weighted by molar-refractivity contribution is -0.248. The van der Waals surface area contributed by atoms with Crippen molar-refractivity contribution in [2.45, 2.75) is 42.3 Å². The highest BCUT2D eigenvalue weighted by atomic mass is 32.2. The van der Waals surface area contributed by atoms with Gasteiger partial charge >= 0.3 is 12.1 Å². The number of nitrogens with one attached hydrogen (secondary N) is 1. The molecule has 0 spiro atoms. The Hall–Kier alpha value is -3.47. The fourth-order valence-corrected chi connectivity index (χ4v) is 4.90. The second-order valence-electron chi connectivity index (χ2n) is 8.89. The molecular formula is C25H27F3N4O5S. The number of halogens is 3. The van der Waals surface area contributed by atoms with Gasteiger partial charge in [-0.05, 0) is 48.1 Å². The molecule has 0 bridgehead atoms. The fourth-order valence-electron chi connectivity index (χ4n) is 3.95. The maximum atomic E-state index is 12.7. The van der Waals surface area contributed by atoms with Crippen LogP contribution < -0.4 is 5.32 Å². The van der Waals surface area contributed by atoms with Crippen molar-refractivity contribution in [3.05, 3.63) is 54.1 Å². The van der Waals surface area contributed by atoms with E-state index in [1.165, 1.54) is 20.2 Å². The zero-order valence-corrected chi connectivity index (χ0v) is 21.6. The minimum Gasteiger partial charge on any atom is -0.360 e. The second-order valence-corrected chi connectivity index (χ2v) is 11.0. The third-order valence-electron chi connectivity index (χ3n) is 6.08. The Labute approximate surface area is 218 Å². The van der Waals surface area contributed by atoms with Gasteiger partial charge in [0, 0.05) is 27.2 Å². The van der Waals surface area contributed by atoms with Crippen LogP contribution in [0.1, 0.15) is 30.7 Å². The van der Waals surface area contributed by atoms with E-state index in [-0.39, 0.29) is 24.4 Å². The molecule has 0 aromatic heterocycles. The molecule has 0 radical (unpaired) electrons. The van der Waals surface area contributed by atoms with Gasteiger partial charge in [0.1, 0.15) is 6.04 Å². The lowest BCUT2D eigenvalue weighted by atomic mass is 9.96. The molecule has 13 heteroatoms. The number of carbonyl (C=O) groups excluding carboxylic acids is 2. The Balaban J connectivity index is 1.68. The number of hydrogen-bond donors (Lipinski definition) is 1. The van der Waals surface area contributed by atoms with E-state index in [9.17, 15) is 36.4 Å². The SMILES string of the molecule is CN(C)S(=O)(=O)c1cccc(-c2ccc([C@@H](C#N)CNC(=O)[C@@H]3CCCCN3OC(=O)C(F)(F)F)cc2)c1. The highest BCUT2D eigenvalue weighted by molar-refractivity contribution is 7.89. The van der Waals surface area contributed by atoms with E-state index in [2.05, 4.69) is 16.2 Å². The molecule has 2 aromatic rings. The molecule has 1 N–H and O–H groups in total. The van der Waals surface area contributed by atoms with Gasteiger partial charge in [-0.2, -0.15) is 18.4 Å². The molecule has 1 aliphatic heterocycles. The number of nitrogens with zero attached hydrogens (tertiary/aromatic N) is 3. The van der Waals surface area contributed by atoms with E-state index in [4.69, 9.17) is 0 Å². The predicted octanol–water partition coefficient (Wildman–Crippen LogP) is 3.20. The molecule has 0 aliphatic carbocycles. The average molecular weight is 553 g/mol. The van der Waals surface area contributed by atoms with Crippen LogP contribution in [0, 0.1) is 11.3 Å². The summed E-state index contributed by atoms with van der Waals surface area (Å²) >= 11 is 0. The quantitative estimate of drug-likeness (QED) is 0.534. The number of amides is 1. The van der Waals surface area contributed by atoms with E-state index in [0.29, 0.717) is 24.0 Å². The summed E-state index contributed by atoms with van der Waals surface area (Å²) in [5.74, 6) is -3.80. The number of piperidine rings is 1. The standard InChI is InChI=1S/C25H27F3N4O5S/c1-31(2)38(35,36)21-7-5-6-19(14-21)17-9-11-18(12-10-17)20(15-29)16-30-23(33)22-8-3-4-13-32(22)37-24(34)25(26,27)28/h5-7,9-12,14,20,22H,3-4,8,13,16H2,1-2H3,(H,30,33)/t20-,22-/m0/s1. The van der Waals surface area contributed by atoms with Crippen molar-refractivity contribution in [2.75, 3.05) is 27.2 Å². The smallest absolute Gasteiger partial charge is 0.360 e. The van der Waals surface area contributed by atoms with Crippen molar-refractivity contribution in [1.82, 2.24) is 14.7 Å². The van der Waals surface area contributed by atoms with Crippen molar-refractivity contribution in [1.29, 1.82) is 5.26 Å². The van der Waals surface area contributed by atoms with Crippen LogP contribution in [0.2, 0.25) is 0 Å². The van der Waals surface area contributed by atoms with Crippen LogP contribution >= 0.6 is 0 Å². The minimum atomic E-state index is -5.18. The van der Waals surface area contributed by atoms with Crippen LogP contribution in [-0.4, -0.2) is 69.1 Å². The molecule has 2 aromatic carbocycles. The van der Waals surface area contributed by atoms with E-state index in [0.717, 1.165) is 14.9 Å². The topological polar surface area (TPSA) is 120 Å². The Morgan fingerprint density at radius 3 is 2.45 bits per heavy atom. The number of rotatable bonds is 8. The number of nitriles is 1. The summed E-state index contributed by atoms with van der Waals surface area (Å²) < 4.78 is 63.8. The number of alkyl halides is 3. The zero-order chi connectivity index (χ0) is 28.1. The molecule has 1 aliphatic rings. The van der Waals surface area contributed by atoms with Gasteiger partial charge in [-0.1, -0.05) is 36.4 Å². The van der Waals surface area contributed by atoms with Crippen LogP contribution in [0.5, 0.6) is 0 Å². The van der Waals surface area contributed by atoms with Gasteiger partial charge in [0.05, 0.1) is 16.9 Å². The summed E-state index contributed by atoms with van der Waals surface area (Å²) in [6.07, 6.45) is -3.95. The number of carbonyl (C=O) groups is 2. The highest BCUT2D eigenvalue weighted by Gasteiger charge is 2.44. The van der Waals surface area contributed by atoms with Crippen LogP contribution in [0.15, 0.2) is 53.4 Å². The lowest BCUT2D eigenvalue weighted by Gasteiger charge is -2.32. The third kappa shape index (κ3) is 6.89. The summed E-state index contributed by atoms with van der Waals surface area (Å²) in [5.41, 5.74) is 1.96. The normalized spacial score (nSPS) is 17.4. The van der Waals surface area contributed by atoms with Gasteiger partial charge in [0.15, 0.2) is 0 Å². The molecule has 0 unspecified atom stereocenters. The number of benzene rings is 2. The molecule has 2 atom stereocenters. The van der Waals surface area contributed by atoms with Gasteiger partial charge in [-0.3, -0.25) is 4.79 Å². The van der Waals surface area contributed by atoms with Crippen molar-refractivity contribution in [3.8, 4) is 17.2 Å². The fraction of sp³-hybridized carbons (Fsp3) is 0.400. The molecule has 204 valence electrons. The molecule has 1 amide bonds. The van der Waals surface area contributed by atoms with Crippen molar-refractivity contribution < 1.29 is 36.0 Å². The van der Waals surface area contributed by atoms with Crippen molar-refractivity contribution in [2.24, 2.45) is 0 Å². The van der Waals surface area contributed by atoms with Crippen LogP contribution in [0.3, 0.4) is 0 Å². The van der Waals surface area contributed by atoms with Crippen LogP contribution in [-0.2, 0) is 24.4 Å².